The van der Waals surface area contributed by atoms with Crippen LogP contribution in [0.3, 0.4) is 0 Å². The van der Waals surface area contributed by atoms with Gasteiger partial charge in [-0.3, -0.25) is 4.79 Å². The van der Waals surface area contributed by atoms with Crippen molar-refractivity contribution in [2.45, 2.75) is 116 Å². The normalized spacial score (nSPS) is 13.1. The second-order valence-electron chi connectivity index (χ2n) is 6.88. The molecule has 4 nitrogen and oxygen atoms in total. The number of ether oxygens (including phenoxy) is 1. The maximum atomic E-state index is 11.4. The van der Waals surface area contributed by atoms with Gasteiger partial charge in [0, 0.05) is 0 Å². The number of unbranched alkanes of at least 4 members (excludes halogenated alkanes) is 12. The lowest BCUT2D eigenvalue weighted by molar-refractivity contribution is -0.147. The third-order valence-electron chi connectivity index (χ3n) is 4.58. The van der Waals surface area contributed by atoms with E-state index in [2.05, 4.69) is 6.92 Å². The summed E-state index contributed by atoms with van der Waals surface area (Å²) >= 11 is 0. The van der Waals surface area contributed by atoms with Crippen molar-refractivity contribution in [2.24, 2.45) is 5.73 Å². The molecule has 152 valence electrons. The van der Waals surface area contributed by atoms with Gasteiger partial charge in [-0.2, -0.15) is 0 Å². The quantitative estimate of drug-likeness (QED) is 0.271. The fraction of sp³-hybridized carbons (Fsp3) is 0.950. The molecular weight excluding hydrogens is 338 g/mol. The smallest absolute Gasteiger partial charge is 0.325 e. The third-order valence-corrected chi connectivity index (χ3v) is 4.58. The van der Waals surface area contributed by atoms with Gasteiger partial charge in [0.15, 0.2) is 0 Å². The Bertz CT molecular complexity index is 290. The Morgan fingerprint density at radius 3 is 1.64 bits per heavy atom. The average molecular weight is 380 g/mol. The van der Waals surface area contributed by atoms with Gasteiger partial charge in [-0.05, 0) is 13.3 Å². The maximum Gasteiger partial charge on any atom is 0.325 e. The van der Waals surface area contributed by atoms with E-state index in [1.54, 1.807) is 6.92 Å². The van der Waals surface area contributed by atoms with E-state index in [-0.39, 0.29) is 12.4 Å². The number of aliphatic hydroxyl groups excluding tert-OH is 1. The monoisotopic (exact) mass is 379 g/mol. The molecule has 0 aromatic carbocycles. The Morgan fingerprint density at radius 1 is 0.840 bits per heavy atom. The summed E-state index contributed by atoms with van der Waals surface area (Å²) in [5.74, 6) is -0.500. The van der Waals surface area contributed by atoms with Crippen LogP contribution < -0.4 is 5.73 Å². The Morgan fingerprint density at radius 2 is 1.24 bits per heavy atom. The highest BCUT2D eigenvalue weighted by Crippen LogP contribution is 2.14. The van der Waals surface area contributed by atoms with Gasteiger partial charge in [-0.1, -0.05) is 90.4 Å². The van der Waals surface area contributed by atoms with Gasteiger partial charge in [0.2, 0.25) is 0 Å². The fourth-order valence-corrected chi connectivity index (χ4v) is 2.95. The van der Waals surface area contributed by atoms with Gasteiger partial charge < -0.3 is 15.6 Å². The SMILES string of the molecule is CCCCCCCCCCCCCCC[C@H](O)[C@H](N)C(=O)OCC.Cl. The molecule has 0 bridgehead atoms. The van der Waals surface area contributed by atoms with E-state index in [1.807, 2.05) is 0 Å². The van der Waals surface area contributed by atoms with Crippen LogP contribution in [0.5, 0.6) is 0 Å². The molecule has 0 aliphatic heterocycles. The van der Waals surface area contributed by atoms with Crippen molar-refractivity contribution in [1.82, 2.24) is 0 Å². The zero-order valence-electron chi connectivity index (χ0n) is 16.5. The van der Waals surface area contributed by atoms with E-state index < -0.39 is 18.1 Å². The van der Waals surface area contributed by atoms with Gasteiger partial charge in [0.1, 0.15) is 6.04 Å². The first kappa shape index (κ1) is 26.9. The largest absolute Gasteiger partial charge is 0.465 e. The van der Waals surface area contributed by atoms with Crippen molar-refractivity contribution in [2.75, 3.05) is 6.61 Å². The van der Waals surface area contributed by atoms with Crippen molar-refractivity contribution in [1.29, 1.82) is 0 Å². The van der Waals surface area contributed by atoms with Crippen LogP contribution in [0.25, 0.3) is 0 Å². The third kappa shape index (κ3) is 16.9. The van der Waals surface area contributed by atoms with Crippen molar-refractivity contribution >= 4 is 18.4 Å². The number of hydrogen-bond acceptors (Lipinski definition) is 4. The molecule has 0 fully saturated rings. The number of hydrogen-bond donors (Lipinski definition) is 2. The summed E-state index contributed by atoms with van der Waals surface area (Å²) in [4.78, 5) is 11.4. The maximum absolute atomic E-state index is 11.4. The minimum absolute atomic E-state index is 0. The van der Waals surface area contributed by atoms with E-state index in [0.29, 0.717) is 13.0 Å². The van der Waals surface area contributed by atoms with Gasteiger partial charge in [0.05, 0.1) is 12.7 Å². The summed E-state index contributed by atoms with van der Waals surface area (Å²) in [6.45, 7) is 4.30. The average Bonchev–Trinajstić information content (AvgIpc) is 2.58. The molecule has 0 aromatic rings. The molecule has 0 spiro atoms. The standard InChI is InChI=1S/C20H41NO3.ClH/c1-3-5-6-7-8-9-10-11-12-13-14-15-16-17-18(22)19(21)20(23)24-4-2;/h18-19,22H,3-17,21H2,1-2H3;1H/t18-,19-;/m0./s1. The summed E-state index contributed by atoms with van der Waals surface area (Å²) in [5, 5.41) is 9.87. The fourth-order valence-electron chi connectivity index (χ4n) is 2.95. The van der Waals surface area contributed by atoms with Gasteiger partial charge in [0.25, 0.3) is 0 Å². The van der Waals surface area contributed by atoms with E-state index in [0.717, 1.165) is 12.8 Å². The lowest BCUT2D eigenvalue weighted by Crippen LogP contribution is -2.43. The number of halogens is 1. The Kier molecular flexibility index (Phi) is 21.5. The molecule has 5 heteroatoms. The first-order valence-electron chi connectivity index (χ1n) is 10.2. The summed E-state index contributed by atoms with van der Waals surface area (Å²) in [6, 6.07) is -0.901. The number of nitrogens with two attached hydrogens (primary N) is 1. The Labute approximate surface area is 161 Å². The van der Waals surface area contributed by atoms with Gasteiger partial charge in [-0.15, -0.1) is 12.4 Å². The zero-order valence-corrected chi connectivity index (χ0v) is 17.3. The van der Waals surface area contributed by atoms with Crippen LogP contribution in [-0.4, -0.2) is 29.8 Å². The summed E-state index contributed by atoms with van der Waals surface area (Å²) in [7, 11) is 0. The van der Waals surface area contributed by atoms with Crippen LogP contribution in [0.4, 0.5) is 0 Å². The highest BCUT2D eigenvalue weighted by molar-refractivity contribution is 5.85. The predicted molar refractivity (Wildman–Crippen MR) is 108 cm³/mol. The van der Waals surface area contributed by atoms with Crippen molar-refractivity contribution in [3.8, 4) is 0 Å². The summed E-state index contributed by atoms with van der Waals surface area (Å²) in [5.41, 5.74) is 5.67. The van der Waals surface area contributed by atoms with Gasteiger partial charge in [-0.25, -0.2) is 0 Å². The van der Waals surface area contributed by atoms with E-state index >= 15 is 0 Å². The highest BCUT2D eigenvalue weighted by Gasteiger charge is 2.23. The minimum atomic E-state index is -0.901. The minimum Gasteiger partial charge on any atom is -0.465 e. The first-order chi connectivity index (χ1) is 11.6. The molecule has 0 aromatic heterocycles. The molecule has 0 aliphatic carbocycles. The van der Waals surface area contributed by atoms with Crippen molar-refractivity contribution in [3.05, 3.63) is 0 Å². The zero-order chi connectivity index (χ0) is 18.0. The Hall–Kier alpha value is -0.320. The molecule has 0 heterocycles. The van der Waals surface area contributed by atoms with E-state index in [4.69, 9.17) is 10.5 Å². The van der Waals surface area contributed by atoms with Crippen LogP contribution in [-0.2, 0) is 9.53 Å². The molecule has 0 radical (unpaired) electrons. The molecule has 0 rings (SSSR count). The van der Waals surface area contributed by atoms with Crippen LogP contribution in [0.1, 0.15) is 104 Å². The van der Waals surface area contributed by atoms with Crippen molar-refractivity contribution < 1.29 is 14.6 Å². The van der Waals surface area contributed by atoms with E-state index in [1.165, 1.54) is 70.6 Å². The number of rotatable bonds is 17. The summed E-state index contributed by atoms with van der Waals surface area (Å²) < 4.78 is 4.82. The predicted octanol–water partition coefficient (Wildman–Crippen LogP) is 5.14. The van der Waals surface area contributed by atoms with Gasteiger partial charge >= 0.3 is 5.97 Å². The topological polar surface area (TPSA) is 72.5 Å². The molecule has 3 N–H and O–H groups in total. The van der Waals surface area contributed by atoms with Crippen LogP contribution in [0, 0.1) is 0 Å². The molecule has 0 saturated heterocycles. The lowest BCUT2D eigenvalue weighted by Gasteiger charge is -2.17. The van der Waals surface area contributed by atoms with Crippen molar-refractivity contribution in [3.63, 3.8) is 0 Å². The highest BCUT2D eigenvalue weighted by atomic mass is 35.5. The number of carbonyl (C=O) groups is 1. The lowest BCUT2D eigenvalue weighted by atomic mass is 10.0. The molecule has 2 atom stereocenters. The molecular formula is C20H42ClNO3. The van der Waals surface area contributed by atoms with Crippen LogP contribution in [0.2, 0.25) is 0 Å². The Balaban J connectivity index is 0. The molecule has 0 unspecified atom stereocenters. The molecule has 0 saturated carbocycles. The molecule has 25 heavy (non-hydrogen) atoms. The number of aliphatic hydroxyl groups is 1. The molecule has 0 aliphatic rings. The second kappa shape index (κ2) is 20.0. The van der Waals surface area contributed by atoms with Crippen LogP contribution in [0.15, 0.2) is 0 Å². The number of carbonyl (C=O) groups excluding carboxylic acids is 1. The van der Waals surface area contributed by atoms with Crippen LogP contribution >= 0.6 is 12.4 Å². The molecule has 0 amide bonds. The second-order valence-corrected chi connectivity index (χ2v) is 6.88. The first-order valence-corrected chi connectivity index (χ1v) is 10.2. The summed E-state index contributed by atoms with van der Waals surface area (Å²) in [6.07, 6.45) is 16.7. The van der Waals surface area contributed by atoms with E-state index in [9.17, 15) is 9.90 Å². The number of esters is 1.